The van der Waals surface area contributed by atoms with E-state index in [0.717, 1.165) is 13.0 Å². The molecule has 1 aliphatic heterocycles. The number of ether oxygens (including phenoxy) is 2. The van der Waals surface area contributed by atoms with Gasteiger partial charge in [-0.05, 0) is 6.92 Å². The van der Waals surface area contributed by atoms with E-state index < -0.39 is 0 Å². The Hall–Kier alpha value is -0.500. The van der Waals surface area contributed by atoms with Crippen molar-refractivity contribution in [2.24, 2.45) is 0 Å². The predicted octanol–water partition coefficient (Wildman–Crippen LogP) is 1.33. The molecule has 0 aromatic rings. The van der Waals surface area contributed by atoms with Crippen LogP contribution in [0.5, 0.6) is 0 Å². The van der Waals surface area contributed by atoms with E-state index in [1.165, 1.54) is 0 Å². The van der Waals surface area contributed by atoms with Gasteiger partial charge in [-0.25, -0.2) is 0 Å². The molecule has 1 fully saturated rings. The zero-order chi connectivity index (χ0) is 6.53. The zero-order valence-corrected chi connectivity index (χ0v) is 5.67. The predicted molar refractivity (Wildman–Crippen MR) is 35.1 cm³/mol. The molecule has 0 amide bonds. The van der Waals surface area contributed by atoms with Crippen molar-refractivity contribution >= 4 is 0 Å². The summed E-state index contributed by atoms with van der Waals surface area (Å²) < 4.78 is 10.2. The third kappa shape index (κ3) is 2.06. The molecular weight excluding hydrogens is 116 g/mol. The van der Waals surface area contributed by atoms with Crippen molar-refractivity contribution < 1.29 is 9.47 Å². The van der Waals surface area contributed by atoms with Crippen LogP contribution in [-0.4, -0.2) is 19.3 Å². The molecule has 0 aromatic carbocycles. The highest BCUT2D eigenvalue weighted by molar-refractivity contribution is 4.70. The van der Waals surface area contributed by atoms with Crippen LogP contribution in [0.15, 0.2) is 12.3 Å². The van der Waals surface area contributed by atoms with E-state index in [4.69, 9.17) is 9.47 Å². The molecule has 1 saturated heterocycles. The molecule has 0 N–H and O–H groups in total. The first-order valence-electron chi connectivity index (χ1n) is 3.28. The summed E-state index contributed by atoms with van der Waals surface area (Å²) in [6.45, 7) is 3.55. The quantitative estimate of drug-likeness (QED) is 0.534. The molecule has 1 aliphatic rings. The molecule has 0 bridgehead atoms. The van der Waals surface area contributed by atoms with Crippen molar-refractivity contribution in [1.82, 2.24) is 0 Å². The van der Waals surface area contributed by atoms with Gasteiger partial charge in [0.25, 0.3) is 0 Å². The standard InChI is InChI=1S/C7H12O2/c1-2-4-8-6-7-3-5-9-7/h2,4,7H,3,5-6H2,1H3. The fourth-order valence-corrected chi connectivity index (χ4v) is 0.675. The highest BCUT2D eigenvalue weighted by atomic mass is 16.5. The first-order chi connectivity index (χ1) is 4.43. The molecular formula is C7H12O2. The van der Waals surface area contributed by atoms with Crippen molar-refractivity contribution in [2.75, 3.05) is 13.2 Å². The van der Waals surface area contributed by atoms with Crippen LogP contribution in [0.2, 0.25) is 0 Å². The molecule has 9 heavy (non-hydrogen) atoms. The molecule has 0 saturated carbocycles. The van der Waals surface area contributed by atoms with Crippen LogP contribution in [0.4, 0.5) is 0 Å². The van der Waals surface area contributed by atoms with Crippen LogP contribution in [0, 0.1) is 0 Å². The number of hydrogen-bond donors (Lipinski definition) is 0. The highest BCUT2D eigenvalue weighted by Crippen LogP contribution is 2.10. The Morgan fingerprint density at radius 1 is 1.78 bits per heavy atom. The van der Waals surface area contributed by atoms with Crippen LogP contribution < -0.4 is 0 Å². The van der Waals surface area contributed by atoms with Gasteiger partial charge in [0.2, 0.25) is 0 Å². The summed E-state index contributed by atoms with van der Waals surface area (Å²) in [4.78, 5) is 0. The molecule has 0 radical (unpaired) electrons. The maximum Gasteiger partial charge on any atom is 0.114 e. The van der Waals surface area contributed by atoms with Gasteiger partial charge in [0.15, 0.2) is 0 Å². The van der Waals surface area contributed by atoms with E-state index in [1.807, 2.05) is 13.0 Å². The molecule has 1 unspecified atom stereocenters. The highest BCUT2D eigenvalue weighted by Gasteiger charge is 2.17. The normalized spacial score (nSPS) is 26.1. The van der Waals surface area contributed by atoms with Crippen LogP contribution in [-0.2, 0) is 9.47 Å². The van der Waals surface area contributed by atoms with Gasteiger partial charge >= 0.3 is 0 Å². The van der Waals surface area contributed by atoms with Crippen molar-refractivity contribution in [3.05, 3.63) is 12.3 Å². The monoisotopic (exact) mass is 128 g/mol. The summed E-state index contributed by atoms with van der Waals surface area (Å²) in [5.74, 6) is 0. The molecule has 1 atom stereocenters. The lowest BCUT2D eigenvalue weighted by molar-refractivity contribution is -0.0797. The maximum absolute atomic E-state index is 5.12. The molecule has 1 rings (SSSR count). The molecule has 0 spiro atoms. The Balaban J connectivity index is 1.91. The minimum atomic E-state index is 0.362. The minimum Gasteiger partial charge on any atom is -0.499 e. The summed E-state index contributed by atoms with van der Waals surface area (Å²) in [7, 11) is 0. The zero-order valence-electron chi connectivity index (χ0n) is 5.67. The van der Waals surface area contributed by atoms with Crippen molar-refractivity contribution in [1.29, 1.82) is 0 Å². The van der Waals surface area contributed by atoms with E-state index >= 15 is 0 Å². The summed E-state index contributed by atoms with van der Waals surface area (Å²) >= 11 is 0. The Morgan fingerprint density at radius 2 is 2.56 bits per heavy atom. The van der Waals surface area contributed by atoms with E-state index in [-0.39, 0.29) is 0 Å². The largest absolute Gasteiger partial charge is 0.499 e. The average molecular weight is 128 g/mol. The lowest BCUT2D eigenvalue weighted by Crippen LogP contribution is -2.30. The first-order valence-corrected chi connectivity index (χ1v) is 3.28. The molecule has 52 valence electrons. The van der Waals surface area contributed by atoms with Gasteiger partial charge < -0.3 is 9.47 Å². The molecule has 2 heteroatoms. The Kier molecular flexibility index (Phi) is 2.58. The van der Waals surface area contributed by atoms with Gasteiger partial charge in [-0.1, -0.05) is 6.08 Å². The summed E-state index contributed by atoms with van der Waals surface area (Å²) in [6.07, 6.45) is 5.08. The second kappa shape index (κ2) is 3.51. The van der Waals surface area contributed by atoms with Crippen molar-refractivity contribution in [2.45, 2.75) is 19.4 Å². The van der Waals surface area contributed by atoms with Crippen molar-refractivity contribution in [3.8, 4) is 0 Å². The molecule has 2 nitrogen and oxygen atoms in total. The van der Waals surface area contributed by atoms with Gasteiger partial charge in [0.05, 0.1) is 12.4 Å². The summed E-state index contributed by atoms with van der Waals surface area (Å²) in [5.41, 5.74) is 0. The van der Waals surface area contributed by atoms with Crippen LogP contribution in [0.1, 0.15) is 13.3 Å². The second-order valence-electron chi connectivity index (χ2n) is 2.08. The third-order valence-electron chi connectivity index (χ3n) is 1.31. The van der Waals surface area contributed by atoms with E-state index in [0.29, 0.717) is 12.7 Å². The van der Waals surface area contributed by atoms with Gasteiger partial charge in [-0.3, -0.25) is 0 Å². The summed E-state index contributed by atoms with van der Waals surface area (Å²) in [6, 6.07) is 0. The molecule has 0 aromatic heterocycles. The van der Waals surface area contributed by atoms with Gasteiger partial charge in [-0.2, -0.15) is 0 Å². The third-order valence-corrected chi connectivity index (χ3v) is 1.31. The van der Waals surface area contributed by atoms with Crippen LogP contribution in [0.25, 0.3) is 0 Å². The van der Waals surface area contributed by atoms with Crippen LogP contribution in [0.3, 0.4) is 0 Å². The van der Waals surface area contributed by atoms with E-state index in [2.05, 4.69) is 0 Å². The smallest absolute Gasteiger partial charge is 0.114 e. The van der Waals surface area contributed by atoms with Gasteiger partial charge in [0.1, 0.15) is 6.61 Å². The van der Waals surface area contributed by atoms with Crippen molar-refractivity contribution in [3.63, 3.8) is 0 Å². The summed E-state index contributed by atoms with van der Waals surface area (Å²) in [5, 5.41) is 0. The Bertz CT molecular complexity index is 95.1. The topological polar surface area (TPSA) is 18.5 Å². The molecule has 1 heterocycles. The number of hydrogen-bond acceptors (Lipinski definition) is 2. The fourth-order valence-electron chi connectivity index (χ4n) is 0.675. The maximum atomic E-state index is 5.12. The first kappa shape index (κ1) is 6.62. The number of rotatable bonds is 3. The van der Waals surface area contributed by atoms with E-state index in [1.54, 1.807) is 6.26 Å². The Morgan fingerprint density at radius 3 is 3.00 bits per heavy atom. The van der Waals surface area contributed by atoms with E-state index in [9.17, 15) is 0 Å². The second-order valence-corrected chi connectivity index (χ2v) is 2.08. The molecule has 0 aliphatic carbocycles. The van der Waals surface area contributed by atoms with Gasteiger partial charge in [-0.15, -0.1) is 0 Å². The lowest BCUT2D eigenvalue weighted by atomic mass is 10.2. The number of allylic oxidation sites excluding steroid dienone is 1. The average Bonchev–Trinajstić information content (AvgIpc) is 1.76. The van der Waals surface area contributed by atoms with Crippen LogP contribution >= 0.6 is 0 Å². The minimum absolute atomic E-state index is 0.362. The van der Waals surface area contributed by atoms with Gasteiger partial charge in [0, 0.05) is 13.0 Å². The SMILES string of the molecule is CC=COCC1CCO1. The Labute approximate surface area is 55.5 Å². The fraction of sp³-hybridized carbons (Fsp3) is 0.714. The lowest BCUT2D eigenvalue weighted by Gasteiger charge is -2.25.